The third-order valence-electron chi connectivity index (χ3n) is 4.12. The molecule has 0 amide bonds. The maximum absolute atomic E-state index is 11.4. The predicted octanol–water partition coefficient (Wildman–Crippen LogP) is 0.998. The molecule has 1 atom stereocenters. The zero-order chi connectivity index (χ0) is 17.2. The third kappa shape index (κ3) is 3.95. The van der Waals surface area contributed by atoms with Gasteiger partial charge in [0.25, 0.3) is 0 Å². The fraction of sp³-hybridized carbons (Fsp3) is 0.438. The molecule has 2 heterocycles. The summed E-state index contributed by atoms with van der Waals surface area (Å²) in [5.41, 5.74) is 2.19. The van der Waals surface area contributed by atoms with E-state index in [9.17, 15) is 8.42 Å². The largest absolute Gasteiger partial charge is 0.496 e. The minimum atomic E-state index is -3.23. The quantitative estimate of drug-likeness (QED) is 0.841. The Bertz CT molecular complexity index is 803. The second kappa shape index (κ2) is 6.92. The van der Waals surface area contributed by atoms with Crippen LogP contribution in [0.15, 0.2) is 36.5 Å². The minimum absolute atomic E-state index is 0.0341. The van der Waals surface area contributed by atoms with E-state index in [0.717, 1.165) is 36.6 Å². The molecule has 1 aliphatic heterocycles. The van der Waals surface area contributed by atoms with Gasteiger partial charge in [0.2, 0.25) is 10.0 Å². The van der Waals surface area contributed by atoms with Crippen molar-refractivity contribution in [3.05, 3.63) is 47.8 Å². The lowest BCUT2D eigenvalue weighted by atomic mass is 10.1. The topological polar surface area (TPSA) is 76.5 Å². The van der Waals surface area contributed by atoms with Crippen molar-refractivity contribution in [3.63, 3.8) is 0 Å². The van der Waals surface area contributed by atoms with Crippen molar-refractivity contribution in [2.24, 2.45) is 0 Å². The van der Waals surface area contributed by atoms with E-state index >= 15 is 0 Å². The van der Waals surface area contributed by atoms with Gasteiger partial charge in [-0.2, -0.15) is 5.10 Å². The van der Waals surface area contributed by atoms with Crippen LogP contribution in [0.3, 0.4) is 0 Å². The first-order chi connectivity index (χ1) is 11.5. The molecule has 0 unspecified atom stereocenters. The van der Waals surface area contributed by atoms with E-state index in [-0.39, 0.29) is 6.04 Å². The molecule has 0 fully saturated rings. The molecule has 1 aromatic carbocycles. The lowest BCUT2D eigenvalue weighted by Gasteiger charge is -2.34. The zero-order valence-corrected chi connectivity index (χ0v) is 14.7. The molecule has 1 aromatic heterocycles. The standard InChI is InChI=1S/C16H22N4O3S/c1-23-16-6-4-3-5-13(16)10-19-11-14-7-8-17-20(14)15(12-19)9-18-24(2,21)22/h3-8,15,18H,9-12H2,1-2H3/t15-/m1/s1. The molecule has 8 heteroatoms. The first-order valence-electron chi connectivity index (χ1n) is 7.77. The summed E-state index contributed by atoms with van der Waals surface area (Å²) in [5, 5.41) is 4.34. The van der Waals surface area contributed by atoms with Gasteiger partial charge >= 0.3 is 0 Å². The fourth-order valence-electron chi connectivity index (χ4n) is 3.06. The van der Waals surface area contributed by atoms with E-state index in [1.807, 2.05) is 28.9 Å². The van der Waals surface area contributed by atoms with Gasteiger partial charge in [-0.1, -0.05) is 18.2 Å². The number of nitrogens with zero attached hydrogens (tertiary/aromatic N) is 3. The van der Waals surface area contributed by atoms with Crippen LogP contribution in [0, 0.1) is 0 Å². The molecule has 1 aliphatic rings. The van der Waals surface area contributed by atoms with Crippen molar-refractivity contribution in [1.29, 1.82) is 0 Å². The summed E-state index contributed by atoms with van der Waals surface area (Å²) in [6, 6.07) is 9.89. The van der Waals surface area contributed by atoms with Crippen molar-refractivity contribution in [1.82, 2.24) is 19.4 Å². The van der Waals surface area contributed by atoms with Gasteiger partial charge < -0.3 is 4.74 Å². The SMILES string of the molecule is COc1ccccc1CN1Cc2ccnn2[C@H](CNS(C)(=O)=O)C1. The van der Waals surface area contributed by atoms with Crippen LogP contribution in [-0.2, 0) is 23.1 Å². The van der Waals surface area contributed by atoms with Crippen LogP contribution in [0.1, 0.15) is 17.3 Å². The van der Waals surface area contributed by atoms with Gasteiger partial charge in [0.15, 0.2) is 0 Å². The van der Waals surface area contributed by atoms with Crippen LogP contribution in [0.2, 0.25) is 0 Å². The van der Waals surface area contributed by atoms with Crippen LogP contribution in [0.4, 0.5) is 0 Å². The maximum atomic E-state index is 11.4. The normalized spacial score (nSPS) is 18.3. The Labute approximate surface area is 142 Å². The number of benzene rings is 1. The molecule has 0 bridgehead atoms. The molecule has 2 aromatic rings. The molecule has 0 spiro atoms. The van der Waals surface area contributed by atoms with Crippen LogP contribution in [0.5, 0.6) is 5.75 Å². The van der Waals surface area contributed by atoms with E-state index in [1.54, 1.807) is 13.3 Å². The van der Waals surface area contributed by atoms with E-state index in [4.69, 9.17) is 4.74 Å². The summed E-state index contributed by atoms with van der Waals surface area (Å²) in [7, 11) is -1.56. The van der Waals surface area contributed by atoms with Gasteiger partial charge in [-0.25, -0.2) is 13.1 Å². The highest BCUT2D eigenvalue weighted by atomic mass is 32.2. The smallest absolute Gasteiger partial charge is 0.208 e. The number of sulfonamides is 1. The zero-order valence-electron chi connectivity index (χ0n) is 13.8. The van der Waals surface area contributed by atoms with Gasteiger partial charge in [-0.3, -0.25) is 9.58 Å². The minimum Gasteiger partial charge on any atom is -0.496 e. The van der Waals surface area contributed by atoms with E-state index in [2.05, 4.69) is 20.8 Å². The third-order valence-corrected chi connectivity index (χ3v) is 4.81. The number of aromatic nitrogens is 2. The summed E-state index contributed by atoms with van der Waals surface area (Å²) in [6.07, 6.45) is 2.93. The average Bonchev–Trinajstić information content (AvgIpc) is 3.01. The molecule has 1 N–H and O–H groups in total. The molecule has 3 rings (SSSR count). The molecule has 0 saturated heterocycles. The number of para-hydroxylation sites is 1. The summed E-state index contributed by atoms with van der Waals surface area (Å²) in [4.78, 5) is 2.28. The number of hydrogen-bond acceptors (Lipinski definition) is 5. The number of fused-ring (bicyclic) bond motifs is 1. The van der Waals surface area contributed by atoms with Crippen LogP contribution in [0.25, 0.3) is 0 Å². The molecule has 130 valence electrons. The number of ether oxygens (including phenoxy) is 1. The van der Waals surface area contributed by atoms with E-state index in [1.165, 1.54) is 6.26 Å². The molecule has 24 heavy (non-hydrogen) atoms. The van der Waals surface area contributed by atoms with E-state index in [0.29, 0.717) is 6.54 Å². The van der Waals surface area contributed by atoms with Gasteiger partial charge in [0, 0.05) is 37.9 Å². The summed E-state index contributed by atoms with van der Waals surface area (Å²) in [5.74, 6) is 0.863. The van der Waals surface area contributed by atoms with Crippen molar-refractivity contribution in [3.8, 4) is 5.75 Å². The summed E-state index contributed by atoms with van der Waals surface area (Å²) in [6.45, 7) is 2.56. The number of nitrogens with one attached hydrogen (secondary N) is 1. The van der Waals surface area contributed by atoms with Gasteiger partial charge in [0.05, 0.1) is 25.1 Å². The Kier molecular flexibility index (Phi) is 4.88. The van der Waals surface area contributed by atoms with Gasteiger partial charge in [0.1, 0.15) is 5.75 Å². The maximum Gasteiger partial charge on any atom is 0.208 e. The average molecular weight is 350 g/mol. The van der Waals surface area contributed by atoms with Crippen LogP contribution in [-0.4, -0.2) is 49.6 Å². The molecule has 0 radical (unpaired) electrons. The lowest BCUT2D eigenvalue weighted by Crippen LogP contribution is -2.42. The first-order valence-corrected chi connectivity index (χ1v) is 9.66. The first kappa shape index (κ1) is 16.9. The molecule has 0 saturated carbocycles. The highest BCUT2D eigenvalue weighted by Gasteiger charge is 2.26. The Balaban J connectivity index is 1.77. The van der Waals surface area contributed by atoms with Crippen LogP contribution >= 0.6 is 0 Å². The lowest BCUT2D eigenvalue weighted by molar-refractivity contribution is 0.166. The number of methoxy groups -OCH3 is 1. The summed E-state index contributed by atoms with van der Waals surface area (Å²) < 4.78 is 32.7. The van der Waals surface area contributed by atoms with Crippen molar-refractivity contribution in [2.75, 3.05) is 26.5 Å². The Hall–Kier alpha value is -1.90. The number of hydrogen-bond donors (Lipinski definition) is 1. The molecule has 7 nitrogen and oxygen atoms in total. The van der Waals surface area contributed by atoms with Gasteiger partial charge in [-0.15, -0.1) is 0 Å². The van der Waals surface area contributed by atoms with Crippen molar-refractivity contribution >= 4 is 10.0 Å². The molecule has 0 aliphatic carbocycles. The second-order valence-corrected chi connectivity index (χ2v) is 7.86. The van der Waals surface area contributed by atoms with Crippen molar-refractivity contribution < 1.29 is 13.2 Å². The fourth-order valence-corrected chi connectivity index (χ4v) is 3.55. The highest BCUT2D eigenvalue weighted by molar-refractivity contribution is 7.88. The molecular weight excluding hydrogens is 328 g/mol. The van der Waals surface area contributed by atoms with Crippen molar-refractivity contribution in [2.45, 2.75) is 19.1 Å². The van der Waals surface area contributed by atoms with Gasteiger partial charge in [-0.05, 0) is 12.1 Å². The second-order valence-electron chi connectivity index (χ2n) is 6.02. The molecular formula is C16H22N4O3S. The number of rotatable bonds is 6. The Morgan fingerprint density at radius 2 is 2.12 bits per heavy atom. The summed E-state index contributed by atoms with van der Waals surface area (Å²) >= 11 is 0. The monoisotopic (exact) mass is 350 g/mol. The van der Waals surface area contributed by atoms with Crippen LogP contribution < -0.4 is 9.46 Å². The van der Waals surface area contributed by atoms with E-state index < -0.39 is 10.0 Å². The Morgan fingerprint density at radius 3 is 2.88 bits per heavy atom. The predicted molar refractivity (Wildman–Crippen MR) is 91.2 cm³/mol. The Morgan fingerprint density at radius 1 is 1.33 bits per heavy atom. The highest BCUT2D eigenvalue weighted by Crippen LogP contribution is 2.25.